The van der Waals surface area contributed by atoms with Crippen LogP contribution in [0.15, 0.2) is 30.3 Å². The van der Waals surface area contributed by atoms with E-state index in [2.05, 4.69) is 5.32 Å². The number of rotatable bonds is 4. The zero-order chi connectivity index (χ0) is 9.52. The maximum absolute atomic E-state index is 11.1. The molecule has 0 bridgehead atoms. The van der Waals surface area contributed by atoms with Crippen LogP contribution in [0.2, 0.25) is 0 Å². The number of carbonyl (C=O) groups excluding carboxylic acids is 1. The third-order valence-electron chi connectivity index (χ3n) is 1.55. The van der Waals surface area contributed by atoms with Crippen LogP contribution in [0.1, 0.15) is 6.42 Å². The Labute approximate surface area is 77.7 Å². The fourth-order valence-electron chi connectivity index (χ4n) is 0.898. The van der Waals surface area contributed by atoms with Gasteiger partial charge >= 0.3 is 5.97 Å². The molecule has 0 spiro atoms. The van der Waals surface area contributed by atoms with Crippen LogP contribution in [0.5, 0.6) is 5.75 Å². The molecule has 0 saturated carbocycles. The molecule has 13 heavy (non-hydrogen) atoms. The van der Waals surface area contributed by atoms with Crippen molar-refractivity contribution in [2.45, 2.75) is 6.42 Å². The van der Waals surface area contributed by atoms with E-state index in [4.69, 9.17) is 4.74 Å². The fraction of sp³-hybridized carbons (Fsp3) is 0.300. The molecular formula is C10H13NO2. The van der Waals surface area contributed by atoms with Crippen LogP contribution in [-0.2, 0) is 4.79 Å². The summed E-state index contributed by atoms with van der Waals surface area (Å²) in [6.45, 7) is 0.645. The standard InChI is InChI=1S/C10H13NO2/c1-11-8-7-10(12)13-9-5-3-2-4-6-9/h2-6,11H,7-8H2,1H3. The molecule has 3 nitrogen and oxygen atoms in total. The smallest absolute Gasteiger partial charge is 0.312 e. The van der Waals surface area contributed by atoms with Gasteiger partial charge in [0.2, 0.25) is 0 Å². The van der Waals surface area contributed by atoms with Gasteiger partial charge < -0.3 is 10.1 Å². The Hall–Kier alpha value is -1.35. The fourth-order valence-corrected chi connectivity index (χ4v) is 0.898. The summed E-state index contributed by atoms with van der Waals surface area (Å²) in [5.41, 5.74) is 0. The number of carbonyl (C=O) groups is 1. The Kier molecular flexibility index (Phi) is 3.99. The number of hydrogen-bond acceptors (Lipinski definition) is 3. The van der Waals surface area contributed by atoms with Crippen molar-refractivity contribution in [3.05, 3.63) is 30.3 Å². The first-order valence-electron chi connectivity index (χ1n) is 4.23. The van der Waals surface area contributed by atoms with Crippen molar-refractivity contribution in [2.75, 3.05) is 13.6 Å². The highest BCUT2D eigenvalue weighted by Gasteiger charge is 2.02. The third-order valence-corrected chi connectivity index (χ3v) is 1.55. The monoisotopic (exact) mass is 179 g/mol. The van der Waals surface area contributed by atoms with E-state index in [0.717, 1.165) is 0 Å². The van der Waals surface area contributed by atoms with Gasteiger partial charge in [-0.25, -0.2) is 0 Å². The number of para-hydroxylation sites is 1. The van der Waals surface area contributed by atoms with Crippen molar-refractivity contribution >= 4 is 5.97 Å². The molecule has 1 aromatic rings. The minimum absolute atomic E-state index is 0.208. The highest BCUT2D eigenvalue weighted by atomic mass is 16.5. The summed E-state index contributed by atoms with van der Waals surface area (Å²) < 4.78 is 5.04. The lowest BCUT2D eigenvalue weighted by molar-refractivity contribution is -0.134. The van der Waals surface area contributed by atoms with Crippen molar-refractivity contribution < 1.29 is 9.53 Å². The van der Waals surface area contributed by atoms with Gasteiger partial charge in [-0.3, -0.25) is 4.79 Å². The van der Waals surface area contributed by atoms with Gasteiger partial charge in [-0.15, -0.1) is 0 Å². The van der Waals surface area contributed by atoms with E-state index in [0.29, 0.717) is 18.7 Å². The second-order valence-electron chi connectivity index (χ2n) is 2.64. The van der Waals surface area contributed by atoms with E-state index in [1.54, 1.807) is 19.2 Å². The first kappa shape index (κ1) is 9.74. The lowest BCUT2D eigenvalue weighted by Crippen LogP contribution is -2.16. The quantitative estimate of drug-likeness (QED) is 0.557. The minimum Gasteiger partial charge on any atom is -0.426 e. The summed E-state index contributed by atoms with van der Waals surface area (Å²) in [4.78, 5) is 11.1. The minimum atomic E-state index is -0.208. The summed E-state index contributed by atoms with van der Waals surface area (Å²) in [6.07, 6.45) is 0.394. The molecule has 0 atom stereocenters. The average Bonchev–Trinajstić information content (AvgIpc) is 2.16. The molecule has 1 aromatic carbocycles. The molecule has 0 aliphatic carbocycles. The van der Waals surface area contributed by atoms with Gasteiger partial charge in [-0.2, -0.15) is 0 Å². The van der Waals surface area contributed by atoms with Crippen molar-refractivity contribution in [2.24, 2.45) is 0 Å². The molecule has 0 fully saturated rings. The molecule has 0 aliphatic heterocycles. The second-order valence-corrected chi connectivity index (χ2v) is 2.64. The maximum atomic E-state index is 11.1. The molecule has 0 saturated heterocycles. The number of ether oxygens (including phenoxy) is 1. The van der Waals surface area contributed by atoms with Crippen molar-refractivity contribution in [3.8, 4) is 5.75 Å². The van der Waals surface area contributed by atoms with Crippen LogP contribution in [-0.4, -0.2) is 19.6 Å². The normalized spacial score (nSPS) is 9.62. The Morgan fingerprint density at radius 3 is 2.69 bits per heavy atom. The SMILES string of the molecule is CNCCC(=O)Oc1ccccc1. The largest absolute Gasteiger partial charge is 0.426 e. The Bertz CT molecular complexity index is 259. The van der Waals surface area contributed by atoms with Crippen molar-refractivity contribution in [1.82, 2.24) is 5.32 Å². The molecular weight excluding hydrogens is 166 g/mol. The van der Waals surface area contributed by atoms with Crippen LogP contribution >= 0.6 is 0 Å². The number of benzene rings is 1. The van der Waals surface area contributed by atoms with E-state index >= 15 is 0 Å². The molecule has 0 heterocycles. The molecule has 1 rings (SSSR count). The molecule has 70 valence electrons. The van der Waals surface area contributed by atoms with Crippen LogP contribution in [0.25, 0.3) is 0 Å². The maximum Gasteiger partial charge on any atom is 0.312 e. The zero-order valence-corrected chi connectivity index (χ0v) is 7.62. The third kappa shape index (κ3) is 3.71. The molecule has 0 aromatic heterocycles. The highest BCUT2D eigenvalue weighted by molar-refractivity contribution is 5.72. The van der Waals surface area contributed by atoms with Gasteiger partial charge in [-0.05, 0) is 19.2 Å². The lowest BCUT2D eigenvalue weighted by Gasteiger charge is -2.02. The second kappa shape index (κ2) is 5.32. The average molecular weight is 179 g/mol. The number of hydrogen-bond donors (Lipinski definition) is 1. The first-order chi connectivity index (χ1) is 6.33. The Morgan fingerprint density at radius 2 is 2.08 bits per heavy atom. The van der Waals surface area contributed by atoms with Gasteiger partial charge in [-0.1, -0.05) is 18.2 Å². The van der Waals surface area contributed by atoms with Crippen molar-refractivity contribution in [3.63, 3.8) is 0 Å². The van der Waals surface area contributed by atoms with Gasteiger partial charge in [0.1, 0.15) is 5.75 Å². The summed E-state index contributed by atoms with van der Waals surface area (Å²) in [5.74, 6) is 0.393. The molecule has 0 radical (unpaired) electrons. The van der Waals surface area contributed by atoms with Gasteiger partial charge in [0, 0.05) is 6.54 Å². The van der Waals surface area contributed by atoms with Crippen LogP contribution in [0.3, 0.4) is 0 Å². The van der Waals surface area contributed by atoms with Gasteiger partial charge in [0.15, 0.2) is 0 Å². The summed E-state index contributed by atoms with van der Waals surface area (Å²) in [6, 6.07) is 9.07. The molecule has 0 unspecified atom stereocenters. The lowest BCUT2D eigenvalue weighted by atomic mass is 10.3. The summed E-state index contributed by atoms with van der Waals surface area (Å²) >= 11 is 0. The van der Waals surface area contributed by atoms with Crippen LogP contribution < -0.4 is 10.1 Å². The number of nitrogens with one attached hydrogen (secondary N) is 1. The topological polar surface area (TPSA) is 38.3 Å². The first-order valence-corrected chi connectivity index (χ1v) is 4.23. The Balaban J connectivity index is 2.37. The molecule has 0 aliphatic rings. The van der Waals surface area contributed by atoms with E-state index < -0.39 is 0 Å². The van der Waals surface area contributed by atoms with Gasteiger partial charge in [0.25, 0.3) is 0 Å². The predicted octanol–water partition coefficient (Wildman–Crippen LogP) is 1.20. The molecule has 0 amide bonds. The predicted molar refractivity (Wildman–Crippen MR) is 50.6 cm³/mol. The van der Waals surface area contributed by atoms with Crippen LogP contribution in [0, 0.1) is 0 Å². The number of esters is 1. The van der Waals surface area contributed by atoms with E-state index in [1.165, 1.54) is 0 Å². The Morgan fingerprint density at radius 1 is 1.38 bits per heavy atom. The zero-order valence-electron chi connectivity index (χ0n) is 7.62. The molecule has 3 heteroatoms. The highest BCUT2D eigenvalue weighted by Crippen LogP contribution is 2.08. The summed E-state index contributed by atoms with van der Waals surface area (Å²) in [7, 11) is 1.80. The van der Waals surface area contributed by atoms with Crippen molar-refractivity contribution in [1.29, 1.82) is 0 Å². The molecule has 1 N–H and O–H groups in total. The van der Waals surface area contributed by atoms with E-state index in [1.807, 2.05) is 18.2 Å². The van der Waals surface area contributed by atoms with Gasteiger partial charge in [0.05, 0.1) is 6.42 Å². The van der Waals surface area contributed by atoms with E-state index in [9.17, 15) is 4.79 Å². The van der Waals surface area contributed by atoms with Crippen LogP contribution in [0.4, 0.5) is 0 Å². The van der Waals surface area contributed by atoms with E-state index in [-0.39, 0.29) is 5.97 Å². The summed E-state index contributed by atoms with van der Waals surface area (Å²) in [5, 5.41) is 2.88.